The summed E-state index contributed by atoms with van der Waals surface area (Å²) < 4.78 is 29.0. The van der Waals surface area contributed by atoms with Gasteiger partial charge in [-0.2, -0.15) is 5.10 Å². The summed E-state index contributed by atoms with van der Waals surface area (Å²) in [5.41, 5.74) is -0.335. The lowest BCUT2D eigenvalue weighted by molar-refractivity contribution is -0.0425. The van der Waals surface area contributed by atoms with Crippen LogP contribution in [0.15, 0.2) is 11.1 Å². The summed E-state index contributed by atoms with van der Waals surface area (Å²) in [5.74, 6) is -3.35. The molecule has 0 aliphatic heterocycles. The Morgan fingerprint density at radius 1 is 1.67 bits per heavy atom. The van der Waals surface area contributed by atoms with Gasteiger partial charge in [-0.3, -0.25) is 4.57 Å². The van der Waals surface area contributed by atoms with E-state index in [4.69, 9.17) is 0 Å². The zero-order chi connectivity index (χ0) is 11.1. The number of aromatic nitrogens is 3. The molecule has 15 heavy (non-hydrogen) atoms. The molecule has 0 amide bonds. The van der Waals surface area contributed by atoms with E-state index < -0.39 is 11.8 Å². The Balaban J connectivity index is 2.16. The molecular formula is C9H13F2N3O. The lowest BCUT2D eigenvalue weighted by Crippen LogP contribution is -2.31. The molecule has 1 aromatic heterocycles. The second-order valence-corrected chi connectivity index (χ2v) is 4.04. The van der Waals surface area contributed by atoms with Crippen molar-refractivity contribution in [1.82, 2.24) is 14.3 Å². The van der Waals surface area contributed by atoms with Gasteiger partial charge in [0.05, 0.1) is 0 Å². The predicted octanol–water partition coefficient (Wildman–Crippen LogP) is 1.02. The molecule has 1 fully saturated rings. The van der Waals surface area contributed by atoms with Crippen LogP contribution >= 0.6 is 0 Å². The van der Waals surface area contributed by atoms with Crippen LogP contribution in [0, 0.1) is 5.92 Å². The van der Waals surface area contributed by atoms with Crippen molar-refractivity contribution < 1.29 is 8.78 Å². The molecule has 1 saturated carbocycles. The van der Waals surface area contributed by atoms with Crippen molar-refractivity contribution in [3.8, 4) is 0 Å². The average molecular weight is 217 g/mol. The minimum Gasteiger partial charge on any atom is -0.281 e. The third kappa shape index (κ3) is 1.80. The number of alkyl halides is 2. The molecule has 0 saturated heterocycles. The van der Waals surface area contributed by atoms with E-state index >= 15 is 0 Å². The average Bonchev–Trinajstić information content (AvgIpc) is 2.64. The first-order valence-corrected chi connectivity index (χ1v) is 4.97. The second-order valence-electron chi connectivity index (χ2n) is 4.04. The number of aryl methyl sites for hydroxylation is 1. The van der Waals surface area contributed by atoms with Gasteiger partial charge in [-0.25, -0.2) is 18.3 Å². The van der Waals surface area contributed by atoms with E-state index in [-0.39, 0.29) is 18.7 Å². The maximum atomic E-state index is 13.3. The zero-order valence-electron chi connectivity index (χ0n) is 8.49. The Labute approximate surface area is 85.5 Å². The summed E-state index contributed by atoms with van der Waals surface area (Å²) in [4.78, 5) is 11.4. The van der Waals surface area contributed by atoms with Crippen LogP contribution < -0.4 is 5.69 Å². The molecule has 1 aliphatic rings. The van der Waals surface area contributed by atoms with Crippen LogP contribution in [0.2, 0.25) is 0 Å². The van der Waals surface area contributed by atoms with Crippen LogP contribution in [-0.2, 0) is 13.6 Å². The van der Waals surface area contributed by atoms with Crippen LogP contribution in [0.5, 0.6) is 0 Å². The predicted molar refractivity (Wildman–Crippen MR) is 49.8 cm³/mol. The summed E-state index contributed by atoms with van der Waals surface area (Å²) in [6.45, 7) is 0.0691. The number of nitrogens with zero attached hydrogens (tertiary/aromatic N) is 3. The summed E-state index contributed by atoms with van der Waals surface area (Å²) in [7, 11) is 1.51. The van der Waals surface area contributed by atoms with Gasteiger partial charge in [-0.15, -0.1) is 0 Å². The maximum absolute atomic E-state index is 13.3. The highest BCUT2D eigenvalue weighted by Gasteiger charge is 2.43. The van der Waals surface area contributed by atoms with Crippen molar-refractivity contribution >= 4 is 0 Å². The van der Waals surface area contributed by atoms with E-state index in [0.717, 1.165) is 4.68 Å². The quantitative estimate of drug-likeness (QED) is 0.742. The standard InChI is InChI=1S/C9H13F2N3O/c1-13-8(15)14(6-12-13)5-7-3-2-4-9(7,10)11/h6-7H,2-5H2,1H3. The summed E-state index contributed by atoms with van der Waals surface area (Å²) in [6, 6.07) is 0. The third-order valence-electron chi connectivity index (χ3n) is 2.96. The first kappa shape index (κ1) is 10.3. The highest BCUT2D eigenvalue weighted by molar-refractivity contribution is 4.85. The topological polar surface area (TPSA) is 39.8 Å². The Morgan fingerprint density at radius 3 is 2.87 bits per heavy atom. The van der Waals surface area contributed by atoms with Crippen LogP contribution in [0.3, 0.4) is 0 Å². The lowest BCUT2D eigenvalue weighted by Gasteiger charge is -2.18. The molecule has 1 atom stereocenters. The fourth-order valence-corrected chi connectivity index (χ4v) is 2.01. The van der Waals surface area contributed by atoms with Crippen LogP contribution in [0.25, 0.3) is 0 Å². The molecule has 1 heterocycles. The van der Waals surface area contributed by atoms with Gasteiger partial charge in [-0.05, 0) is 12.8 Å². The van der Waals surface area contributed by atoms with E-state index in [0.29, 0.717) is 12.8 Å². The Kier molecular flexibility index (Phi) is 2.36. The molecule has 0 N–H and O–H groups in total. The minimum absolute atomic E-state index is 0.0628. The summed E-state index contributed by atoms with van der Waals surface area (Å²) in [5, 5.41) is 3.73. The van der Waals surface area contributed by atoms with Crippen molar-refractivity contribution in [1.29, 1.82) is 0 Å². The van der Waals surface area contributed by atoms with E-state index in [9.17, 15) is 13.6 Å². The smallest absolute Gasteiger partial charge is 0.281 e. The first-order valence-electron chi connectivity index (χ1n) is 4.97. The maximum Gasteiger partial charge on any atom is 0.345 e. The lowest BCUT2D eigenvalue weighted by atomic mass is 10.1. The fourth-order valence-electron chi connectivity index (χ4n) is 2.01. The van der Waals surface area contributed by atoms with Gasteiger partial charge in [0.1, 0.15) is 6.33 Å². The Morgan fingerprint density at radius 2 is 2.40 bits per heavy atom. The van der Waals surface area contributed by atoms with E-state index in [1.807, 2.05) is 0 Å². The fraction of sp³-hybridized carbons (Fsp3) is 0.778. The number of halogens is 2. The molecule has 0 aromatic carbocycles. The molecule has 0 bridgehead atoms. The van der Waals surface area contributed by atoms with Gasteiger partial charge in [0.15, 0.2) is 0 Å². The van der Waals surface area contributed by atoms with E-state index in [1.165, 1.54) is 17.9 Å². The number of hydrogen-bond donors (Lipinski definition) is 0. The molecule has 0 spiro atoms. The molecule has 1 unspecified atom stereocenters. The van der Waals surface area contributed by atoms with Crippen LogP contribution in [0.1, 0.15) is 19.3 Å². The largest absolute Gasteiger partial charge is 0.345 e. The SMILES string of the molecule is Cn1ncn(CC2CCCC2(F)F)c1=O. The van der Waals surface area contributed by atoms with E-state index in [2.05, 4.69) is 5.10 Å². The van der Waals surface area contributed by atoms with Crippen molar-refractivity contribution in [2.24, 2.45) is 13.0 Å². The van der Waals surface area contributed by atoms with Crippen LogP contribution in [-0.4, -0.2) is 20.3 Å². The van der Waals surface area contributed by atoms with Crippen molar-refractivity contribution in [3.63, 3.8) is 0 Å². The van der Waals surface area contributed by atoms with Crippen molar-refractivity contribution in [2.75, 3.05) is 0 Å². The first-order chi connectivity index (χ1) is 7.00. The molecular weight excluding hydrogens is 204 g/mol. The molecule has 4 nitrogen and oxygen atoms in total. The van der Waals surface area contributed by atoms with Crippen LogP contribution in [0.4, 0.5) is 8.78 Å². The Bertz CT molecular complexity index is 410. The molecule has 6 heteroatoms. The molecule has 84 valence electrons. The second kappa shape index (κ2) is 3.43. The highest BCUT2D eigenvalue weighted by Crippen LogP contribution is 2.40. The monoisotopic (exact) mass is 217 g/mol. The molecule has 1 aromatic rings. The minimum atomic E-state index is -2.63. The number of hydrogen-bond acceptors (Lipinski definition) is 2. The zero-order valence-corrected chi connectivity index (χ0v) is 8.49. The van der Waals surface area contributed by atoms with Gasteiger partial charge in [-0.1, -0.05) is 0 Å². The summed E-state index contributed by atoms with van der Waals surface area (Å²) in [6.07, 6.45) is 2.27. The third-order valence-corrected chi connectivity index (χ3v) is 2.96. The van der Waals surface area contributed by atoms with Gasteiger partial charge in [0.25, 0.3) is 5.92 Å². The molecule has 1 aliphatic carbocycles. The van der Waals surface area contributed by atoms with E-state index in [1.54, 1.807) is 0 Å². The highest BCUT2D eigenvalue weighted by atomic mass is 19.3. The summed E-state index contributed by atoms with van der Waals surface area (Å²) >= 11 is 0. The van der Waals surface area contributed by atoms with Gasteiger partial charge in [0.2, 0.25) is 0 Å². The molecule has 2 rings (SSSR count). The Hall–Kier alpha value is -1.20. The normalized spacial score (nSPS) is 24.6. The van der Waals surface area contributed by atoms with Gasteiger partial charge >= 0.3 is 5.69 Å². The number of rotatable bonds is 2. The van der Waals surface area contributed by atoms with Gasteiger partial charge in [0, 0.05) is 25.9 Å². The molecule has 0 radical (unpaired) electrons. The van der Waals surface area contributed by atoms with Crippen molar-refractivity contribution in [3.05, 3.63) is 16.8 Å². The van der Waals surface area contributed by atoms with Crippen molar-refractivity contribution in [2.45, 2.75) is 31.7 Å². The van der Waals surface area contributed by atoms with Gasteiger partial charge < -0.3 is 0 Å².